The zero-order valence-electron chi connectivity index (χ0n) is 24.6. The number of benzene rings is 1. The van der Waals surface area contributed by atoms with Crippen LogP contribution in [-0.4, -0.2) is 103 Å². The highest BCUT2D eigenvalue weighted by Gasteiger charge is 2.30. The van der Waals surface area contributed by atoms with Gasteiger partial charge in [-0.2, -0.15) is 0 Å². The molecule has 8 N–H and O–H groups in total. The summed E-state index contributed by atoms with van der Waals surface area (Å²) >= 11 is 0. The Labute approximate surface area is 252 Å². The number of hydrogen-bond acceptors (Lipinski definition) is 11. The van der Waals surface area contributed by atoms with Gasteiger partial charge in [-0.05, 0) is 48.4 Å². The quantitative estimate of drug-likeness (QED) is 0.114. The fraction of sp³-hybridized carbons (Fsp3) is 0.387. The molecule has 12 nitrogen and oxygen atoms in total. The van der Waals surface area contributed by atoms with E-state index in [1.165, 1.54) is 12.6 Å². The molecule has 0 aliphatic heterocycles. The van der Waals surface area contributed by atoms with Crippen LogP contribution in [0, 0.1) is 0 Å². The van der Waals surface area contributed by atoms with Crippen molar-refractivity contribution < 1.29 is 30.3 Å². The first-order valence-electron chi connectivity index (χ1n) is 14.0. The lowest BCUT2D eigenvalue weighted by molar-refractivity contribution is -0.128. The lowest BCUT2D eigenvalue weighted by Gasteiger charge is -2.27. The van der Waals surface area contributed by atoms with Crippen LogP contribution in [0.25, 0.3) is 0 Å². The molecule has 4 atom stereocenters. The van der Waals surface area contributed by atoms with E-state index in [1.807, 2.05) is 55.0 Å². The molecule has 0 aliphatic carbocycles. The van der Waals surface area contributed by atoms with Gasteiger partial charge in [0.15, 0.2) is 0 Å². The van der Waals surface area contributed by atoms with E-state index in [-0.39, 0.29) is 6.54 Å². The number of pyridine rings is 2. The summed E-state index contributed by atoms with van der Waals surface area (Å²) in [6, 6.07) is 20.3. The number of carbonyl (C=O) groups excluding carboxylic acids is 1. The first kappa shape index (κ1) is 35.3. The third-order valence-corrected chi connectivity index (χ3v) is 6.40. The molecule has 0 spiro atoms. The van der Waals surface area contributed by atoms with E-state index in [0.29, 0.717) is 26.0 Å². The number of amides is 1. The minimum Gasteiger partial charge on any atom is -0.400 e. The number of anilines is 1. The van der Waals surface area contributed by atoms with E-state index >= 15 is 0 Å². The van der Waals surface area contributed by atoms with Crippen molar-refractivity contribution in [2.24, 2.45) is 5.73 Å². The SMILES string of the molecule is CCc1ccc(N/C=C(\N)CN(Cc2ccccn2)Cc2ccccn2)cc1.CN(C=O)CC(O)C(O)C(O)C(O)CO. The standard InChI is InChI=1S/C23H27N5.C8H17NO6/c1-2-19-9-11-21(12-10-19)27-15-20(24)16-28(17-22-7-3-5-13-25-22)18-23-8-4-6-14-26-23;1-9(4-11)2-5(12)7(14)8(15)6(13)3-10/h3-15,27H,2,16-18,24H2,1H3;4-8,10,12-15H,2-3H2,1H3/b20-15-;. The van der Waals surface area contributed by atoms with Gasteiger partial charge in [0.05, 0.1) is 18.0 Å². The van der Waals surface area contributed by atoms with E-state index in [0.717, 1.165) is 34.1 Å². The van der Waals surface area contributed by atoms with Crippen molar-refractivity contribution in [3.63, 3.8) is 0 Å². The Morgan fingerprint density at radius 1 is 0.907 bits per heavy atom. The van der Waals surface area contributed by atoms with Crippen molar-refractivity contribution in [2.45, 2.75) is 50.8 Å². The van der Waals surface area contributed by atoms with Crippen LogP contribution >= 0.6 is 0 Å². The zero-order valence-corrected chi connectivity index (χ0v) is 24.6. The smallest absolute Gasteiger partial charge is 0.209 e. The van der Waals surface area contributed by atoms with Crippen LogP contribution in [0.15, 0.2) is 85.0 Å². The number of aliphatic hydroxyl groups excluding tert-OH is 5. The van der Waals surface area contributed by atoms with Crippen molar-refractivity contribution in [3.05, 3.63) is 102 Å². The van der Waals surface area contributed by atoms with E-state index in [2.05, 4.69) is 51.4 Å². The summed E-state index contributed by atoms with van der Waals surface area (Å²) in [6.07, 6.45) is 0.764. The summed E-state index contributed by atoms with van der Waals surface area (Å²) in [7, 11) is 1.39. The summed E-state index contributed by atoms with van der Waals surface area (Å²) in [5.41, 5.74) is 11.4. The average Bonchev–Trinajstić information content (AvgIpc) is 3.04. The number of nitrogens with one attached hydrogen (secondary N) is 1. The molecule has 0 fully saturated rings. The number of rotatable bonds is 16. The number of nitrogens with zero attached hydrogens (tertiary/aromatic N) is 4. The van der Waals surface area contributed by atoms with Crippen LogP contribution in [0.3, 0.4) is 0 Å². The van der Waals surface area contributed by atoms with E-state index < -0.39 is 31.0 Å². The fourth-order valence-electron chi connectivity index (χ4n) is 3.94. The second kappa shape index (κ2) is 19.3. The molecule has 0 saturated carbocycles. The Morgan fingerprint density at radius 3 is 1.93 bits per heavy atom. The molecule has 0 saturated heterocycles. The maximum atomic E-state index is 10.2. The predicted molar refractivity (Wildman–Crippen MR) is 164 cm³/mol. The van der Waals surface area contributed by atoms with Gasteiger partial charge in [-0.25, -0.2) is 0 Å². The van der Waals surface area contributed by atoms with Crippen molar-refractivity contribution in [1.29, 1.82) is 0 Å². The van der Waals surface area contributed by atoms with Gasteiger partial charge in [0.1, 0.15) is 24.4 Å². The summed E-state index contributed by atoms with van der Waals surface area (Å²) in [5.74, 6) is 0. The van der Waals surface area contributed by atoms with E-state index in [1.54, 1.807) is 0 Å². The largest absolute Gasteiger partial charge is 0.400 e. The normalized spacial score (nSPS) is 14.2. The first-order chi connectivity index (χ1) is 20.7. The lowest BCUT2D eigenvalue weighted by atomic mass is 10.0. The Morgan fingerprint density at radius 2 is 1.47 bits per heavy atom. The van der Waals surface area contributed by atoms with Crippen LogP contribution in [0.5, 0.6) is 0 Å². The van der Waals surface area contributed by atoms with E-state index in [4.69, 9.17) is 15.9 Å². The van der Waals surface area contributed by atoms with Gasteiger partial charge in [-0.15, -0.1) is 0 Å². The van der Waals surface area contributed by atoms with Gasteiger partial charge >= 0.3 is 0 Å². The molecule has 0 aliphatic rings. The number of aryl methyl sites for hydroxylation is 1. The zero-order chi connectivity index (χ0) is 31.6. The number of hydrogen-bond donors (Lipinski definition) is 7. The third kappa shape index (κ3) is 13.3. The first-order valence-corrected chi connectivity index (χ1v) is 14.0. The molecule has 1 aromatic carbocycles. The van der Waals surface area contributed by atoms with Crippen molar-refractivity contribution in [2.75, 3.05) is 32.1 Å². The van der Waals surface area contributed by atoms with Crippen LogP contribution in [0.2, 0.25) is 0 Å². The topological polar surface area (TPSA) is 189 Å². The highest BCUT2D eigenvalue weighted by Crippen LogP contribution is 2.12. The monoisotopic (exact) mass is 596 g/mol. The molecule has 1 amide bonds. The summed E-state index contributed by atoms with van der Waals surface area (Å²) in [5, 5.41) is 48.6. The Hall–Kier alpha value is -3.91. The summed E-state index contributed by atoms with van der Waals surface area (Å²) in [6.45, 7) is 3.27. The Kier molecular flexibility index (Phi) is 15.8. The lowest BCUT2D eigenvalue weighted by Crippen LogP contribution is -2.49. The maximum absolute atomic E-state index is 10.2. The molecule has 3 rings (SSSR count). The van der Waals surface area contributed by atoms with Gasteiger partial charge in [0.2, 0.25) is 6.41 Å². The molecule has 234 valence electrons. The Balaban J connectivity index is 0.000000367. The highest BCUT2D eigenvalue weighted by atomic mass is 16.4. The summed E-state index contributed by atoms with van der Waals surface area (Å²) < 4.78 is 0. The van der Waals surface area contributed by atoms with Gasteiger partial charge in [0, 0.05) is 63.2 Å². The van der Waals surface area contributed by atoms with E-state index in [9.17, 15) is 20.1 Å². The van der Waals surface area contributed by atoms with Crippen LogP contribution < -0.4 is 11.1 Å². The number of nitrogens with two attached hydrogens (primary N) is 1. The third-order valence-electron chi connectivity index (χ3n) is 6.40. The molecule has 12 heteroatoms. The van der Waals surface area contributed by atoms with Crippen molar-refractivity contribution in [3.8, 4) is 0 Å². The second-order valence-corrected chi connectivity index (χ2v) is 10.0. The molecule has 0 radical (unpaired) electrons. The Bertz CT molecular complexity index is 1160. The molecule has 2 heterocycles. The molecular weight excluding hydrogens is 552 g/mol. The van der Waals surface area contributed by atoms with Crippen molar-refractivity contribution in [1.82, 2.24) is 19.8 Å². The van der Waals surface area contributed by atoms with Crippen molar-refractivity contribution >= 4 is 12.1 Å². The molecule has 4 unspecified atom stereocenters. The fourth-order valence-corrected chi connectivity index (χ4v) is 3.94. The van der Waals surface area contributed by atoms with Gasteiger partial charge in [-0.1, -0.05) is 31.2 Å². The summed E-state index contributed by atoms with van der Waals surface area (Å²) in [4.78, 5) is 22.4. The molecule has 3 aromatic rings. The van der Waals surface area contributed by atoms with Crippen LogP contribution in [0.4, 0.5) is 5.69 Å². The number of carbonyl (C=O) groups is 1. The second-order valence-electron chi connectivity index (χ2n) is 10.0. The average molecular weight is 597 g/mol. The minimum atomic E-state index is -1.66. The number of likely N-dealkylation sites (N-methyl/N-ethyl adjacent to an activating group) is 1. The minimum absolute atomic E-state index is 0.181. The predicted octanol–water partition coefficient (Wildman–Crippen LogP) is 0.464. The van der Waals surface area contributed by atoms with Gasteiger partial charge in [0.25, 0.3) is 0 Å². The number of aromatic nitrogens is 2. The van der Waals surface area contributed by atoms with Gasteiger partial charge in [-0.3, -0.25) is 19.7 Å². The van der Waals surface area contributed by atoms with Crippen LogP contribution in [-0.2, 0) is 24.3 Å². The maximum Gasteiger partial charge on any atom is 0.209 e. The molecule has 2 aromatic heterocycles. The highest BCUT2D eigenvalue weighted by molar-refractivity contribution is 5.47. The van der Waals surface area contributed by atoms with Crippen LogP contribution in [0.1, 0.15) is 23.9 Å². The molecular formula is C31H44N6O6. The molecule has 0 bridgehead atoms. The number of aliphatic hydroxyl groups is 5. The molecule has 43 heavy (non-hydrogen) atoms. The van der Waals surface area contributed by atoms with Gasteiger partial charge < -0.3 is 41.5 Å².